The zero-order valence-electron chi connectivity index (χ0n) is 14.2. The molecule has 11 heteroatoms. The molecule has 25 heavy (non-hydrogen) atoms. The Bertz CT molecular complexity index is 484. The molecule has 0 rings (SSSR count). The van der Waals surface area contributed by atoms with Crippen LogP contribution in [0.3, 0.4) is 0 Å². The molecule has 0 heterocycles. The van der Waals surface area contributed by atoms with E-state index < -0.39 is 61.6 Å². The summed E-state index contributed by atoms with van der Waals surface area (Å²) in [5.74, 6) is -3.54. The molecule has 0 aromatic heterocycles. The molecule has 0 radical (unpaired) electrons. The first kappa shape index (κ1) is 22.8. The summed E-state index contributed by atoms with van der Waals surface area (Å²) in [6, 6.07) is -3.62. The van der Waals surface area contributed by atoms with Gasteiger partial charge in [-0.1, -0.05) is 13.8 Å². The predicted molar refractivity (Wildman–Crippen MR) is 86.1 cm³/mol. The summed E-state index contributed by atoms with van der Waals surface area (Å²) >= 11 is 0. The number of hydrogen-bond acceptors (Lipinski definition) is 7. The molecule has 0 aliphatic carbocycles. The Hall–Kier alpha value is -2.24. The highest BCUT2D eigenvalue weighted by molar-refractivity contribution is 5.92. The minimum atomic E-state index is -1.47. The van der Waals surface area contributed by atoms with E-state index in [4.69, 9.17) is 21.1 Å². The van der Waals surface area contributed by atoms with Crippen LogP contribution in [0.5, 0.6) is 0 Å². The van der Waals surface area contributed by atoms with Gasteiger partial charge in [0.05, 0.1) is 19.8 Å². The average Bonchev–Trinajstić information content (AvgIpc) is 2.55. The smallest absolute Gasteiger partial charge is 0.328 e. The monoisotopic (exact) mass is 362 g/mol. The van der Waals surface area contributed by atoms with Crippen molar-refractivity contribution in [3.63, 3.8) is 0 Å². The number of carbonyl (C=O) groups is 4. The van der Waals surface area contributed by atoms with Crippen molar-refractivity contribution < 1.29 is 34.5 Å². The van der Waals surface area contributed by atoms with Crippen molar-refractivity contribution in [1.29, 1.82) is 0 Å². The number of nitrogens with one attached hydrogen (secondary N) is 3. The molecule has 0 saturated heterocycles. The van der Waals surface area contributed by atoms with Crippen molar-refractivity contribution in [2.45, 2.75) is 38.4 Å². The van der Waals surface area contributed by atoms with Gasteiger partial charge in [0.1, 0.15) is 18.1 Å². The number of nitrogens with two attached hydrogens (primary N) is 1. The van der Waals surface area contributed by atoms with Crippen LogP contribution in [-0.2, 0) is 19.2 Å². The quantitative estimate of drug-likeness (QED) is 0.197. The molecular formula is C14H26N4O7. The molecule has 3 unspecified atom stereocenters. The molecule has 0 aromatic rings. The van der Waals surface area contributed by atoms with Gasteiger partial charge in [0.2, 0.25) is 17.7 Å². The van der Waals surface area contributed by atoms with E-state index in [0.717, 1.165) is 0 Å². The Morgan fingerprint density at radius 3 is 2.00 bits per heavy atom. The van der Waals surface area contributed by atoms with Gasteiger partial charge in [-0.25, -0.2) is 4.79 Å². The van der Waals surface area contributed by atoms with E-state index in [9.17, 15) is 19.2 Å². The molecule has 0 spiro atoms. The lowest BCUT2D eigenvalue weighted by molar-refractivity contribution is -0.142. The van der Waals surface area contributed by atoms with E-state index in [2.05, 4.69) is 10.6 Å². The Balaban J connectivity index is 4.68. The van der Waals surface area contributed by atoms with E-state index in [1.807, 2.05) is 19.2 Å². The molecule has 11 nitrogen and oxygen atoms in total. The third-order valence-corrected chi connectivity index (χ3v) is 3.11. The van der Waals surface area contributed by atoms with E-state index >= 15 is 0 Å². The number of carbonyl (C=O) groups excluding carboxylic acids is 3. The van der Waals surface area contributed by atoms with Crippen molar-refractivity contribution in [2.75, 3.05) is 19.8 Å². The molecule has 144 valence electrons. The highest BCUT2D eigenvalue weighted by Gasteiger charge is 2.25. The summed E-state index contributed by atoms with van der Waals surface area (Å²) in [6.45, 7) is 1.74. The predicted octanol–water partition coefficient (Wildman–Crippen LogP) is -3.49. The molecule has 3 amide bonds. The number of aliphatic hydroxyl groups excluding tert-OH is 2. The number of aliphatic carboxylic acids is 1. The van der Waals surface area contributed by atoms with Gasteiger partial charge < -0.3 is 37.0 Å². The summed E-state index contributed by atoms with van der Waals surface area (Å²) in [6.07, 6.45) is 0.270. The Labute approximate surface area is 145 Å². The largest absolute Gasteiger partial charge is 0.480 e. The van der Waals surface area contributed by atoms with Crippen LogP contribution in [0.4, 0.5) is 0 Å². The van der Waals surface area contributed by atoms with Crippen LogP contribution in [0.15, 0.2) is 0 Å². The Morgan fingerprint density at radius 1 is 0.960 bits per heavy atom. The van der Waals surface area contributed by atoms with Crippen LogP contribution in [0.25, 0.3) is 0 Å². The van der Waals surface area contributed by atoms with E-state index in [1.54, 1.807) is 0 Å². The van der Waals surface area contributed by atoms with Gasteiger partial charge in [0.25, 0.3) is 0 Å². The van der Waals surface area contributed by atoms with E-state index in [1.165, 1.54) is 0 Å². The van der Waals surface area contributed by atoms with Gasteiger partial charge in [-0.2, -0.15) is 0 Å². The van der Waals surface area contributed by atoms with Crippen LogP contribution >= 0.6 is 0 Å². The summed E-state index contributed by atoms with van der Waals surface area (Å²) in [7, 11) is 0. The van der Waals surface area contributed by atoms with Crippen LogP contribution in [-0.4, -0.2) is 76.9 Å². The minimum absolute atomic E-state index is 0.0426. The van der Waals surface area contributed by atoms with Gasteiger partial charge in [-0.15, -0.1) is 0 Å². The molecular weight excluding hydrogens is 336 g/mol. The lowest BCUT2D eigenvalue weighted by atomic mass is 10.0. The Morgan fingerprint density at radius 2 is 1.56 bits per heavy atom. The number of aliphatic hydroxyl groups is 2. The van der Waals surface area contributed by atoms with Gasteiger partial charge in [-0.05, 0) is 12.3 Å². The minimum Gasteiger partial charge on any atom is -0.480 e. The fourth-order valence-electron chi connectivity index (χ4n) is 1.79. The van der Waals surface area contributed by atoms with Gasteiger partial charge >= 0.3 is 5.97 Å². The second kappa shape index (κ2) is 11.3. The maximum Gasteiger partial charge on any atom is 0.328 e. The lowest BCUT2D eigenvalue weighted by Crippen LogP contribution is -2.54. The van der Waals surface area contributed by atoms with E-state index in [0.29, 0.717) is 0 Å². The van der Waals surface area contributed by atoms with Gasteiger partial charge in [0.15, 0.2) is 0 Å². The van der Waals surface area contributed by atoms with Gasteiger partial charge in [0, 0.05) is 0 Å². The van der Waals surface area contributed by atoms with Crippen LogP contribution in [0.2, 0.25) is 0 Å². The highest BCUT2D eigenvalue weighted by Crippen LogP contribution is 2.05. The van der Waals surface area contributed by atoms with Crippen molar-refractivity contribution in [3.8, 4) is 0 Å². The van der Waals surface area contributed by atoms with Crippen LogP contribution < -0.4 is 21.7 Å². The number of rotatable bonds is 11. The number of carboxylic acids is 1. The van der Waals surface area contributed by atoms with E-state index in [-0.39, 0.29) is 12.3 Å². The molecule has 0 fully saturated rings. The molecule has 0 saturated carbocycles. The third kappa shape index (κ3) is 8.98. The molecule has 0 aliphatic heterocycles. The normalized spacial score (nSPS) is 14.3. The fourth-order valence-corrected chi connectivity index (χ4v) is 1.79. The van der Waals surface area contributed by atoms with Gasteiger partial charge in [-0.3, -0.25) is 14.4 Å². The van der Waals surface area contributed by atoms with Crippen molar-refractivity contribution in [1.82, 2.24) is 16.0 Å². The number of hydrogen-bond donors (Lipinski definition) is 7. The zero-order chi connectivity index (χ0) is 19.6. The lowest BCUT2D eigenvalue weighted by Gasteiger charge is -2.21. The fraction of sp³-hybridized carbons (Fsp3) is 0.714. The third-order valence-electron chi connectivity index (χ3n) is 3.11. The first-order valence-corrected chi connectivity index (χ1v) is 7.69. The maximum atomic E-state index is 12.1. The molecule has 0 aromatic carbocycles. The standard InChI is InChI=1S/C14H26N4O7/c1-7(2)3-9(18-12(22)8(15)5-19)13(23)16-4-11(21)17-10(6-20)14(24)25/h7-10,19-20H,3-6,15H2,1-2H3,(H,16,23)(H,17,21)(H,18,22)(H,24,25). The summed E-state index contributed by atoms with van der Waals surface area (Å²) in [4.78, 5) is 46.2. The first-order valence-electron chi connectivity index (χ1n) is 7.69. The van der Waals surface area contributed by atoms with Crippen molar-refractivity contribution >= 4 is 23.7 Å². The summed E-state index contributed by atoms with van der Waals surface area (Å²) < 4.78 is 0. The number of amides is 3. The molecule has 3 atom stereocenters. The molecule has 0 aliphatic rings. The molecule has 8 N–H and O–H groups in total. The van der Waals surface area contributed by atoms with Crippen LogP contribution in [0.1, 0.15) is 20.3 Å². The maximum absolute atomic E-state index is 12.1. The van der Waals surface area contributed by atoms with Crippen molar-refractivity contribution in [3.05, 3.63) is 0 Å². The highest BCUT2D eigenvalue weighted by atomic mass is 16.4. The summed E-state index contributed by atoms with van der Waals surface area (Å²) in [5.41, 5.74) is 5.38. The summed E-state index contributed by atoms with van der Waals surface area (Å²) in [5, 5.41) is 33.1. The molecule has 0 bridgehead atoms. The second-order valence-electron chi connectivity index (χ2n) is 5.84. The number of carboxylic acid groups (broad SMARTS) is 1. The van der Waals surface area contributed by atoms with Crippen LogP contribution in [0, 0.1) is 5.92 Å². The SMILES string of the molecule is CC(C)CC(NC(=O)C(N)CO)C(=O)NCC(=O)NC(CO)C(=O)O. The Kier molecular flexibility index (Phi) is 10.3. The zero-order valence-corrected chi connectivity index (χ0v) is 14.2. The second-order valence-corrected chi connectivity index (χ2v) is 5.84. The van der Waals surface area contributed by atoms with Crippen molar-refractivity contribution in [2.24, 2.45) is 11.7 Å². The average molecular weight is 362 g/mol. The topological polar surface area (TPSA) is 191 Å². The first-order chi connectivity index (χ1) is 11.6.